The lowest BCUT2D eigenvalue weighted by molar-refractivity contribution is 0.282. The second kappa shape index (κ2) is 5.70. The molecule has 1 aromatic carbocycles. The molecule has 0 aliphatic heterocycles. The average molecular weight is 246 g/mol. The number of aliphatic hydroxyl groups excluding tert-OH is 1. The zero-order valence-corrected chi connectivity index (χ0v) is 10.4. The largest absolute Gasteiger partial charge is 0.392 e. The Morgan fingerprint density at radius 1 is 1.29 bits per heavy atom. The first-order valence-electron chi connectivity index (χ1n) is 5.29. The zero-order chi connectivity index (χ0) is 12.1. The maximum atomic E-state index is 9.21. The topological polar surface area (TPSA) is 45.2 Å². The van der Waals surface area contributed by atoms with E-state index in [1.54, 1.807) is 18.0 Å². The van der Waals surface area contributed by atoms with E-state index in [0.717, 1.165) is 11.3 Å². The highest BCUT2D eigenvalue weighted by Crippen LogP contribution is 2.23. The van der Waals surface area contributed by atoms with Gasteiger partial charge in [-0.3, -0.25) is 0 Å². The molecule has 2 rings (SSSR count). The van der Waals surface area contributed by atoms with Gasteiger partial charge >= 0.3 is 0 Å². The minimum Gasteiger partial charge on any atom is -0.392 e. The molecular weight excluding hydrogens is 232 g/mol. The Balaban J connectivity index is 2.24. The quantitative estimate of drug-likeness (QED) is 0.814. The summed E-state index contributed by atoms with van der Waals surface area (Å²) in [6.07, 6.45) is 3.75. The van der Waals surface area contributed by atoms with Crippen LogP contribution >= 0.6 is 11.8 Å². The number of aromatic nitrogens is 1. The van der Waals surface area contributed by atoms with Gasteiger partial charge in [-0.2, -0.15) is 0 Å². The molecule has 0 amide bonds. The van der Waals surface area contributed by atoms with Crippen LogP contribution in [-0.4, -0.2) is 16.3 Å². The molecular formula is C13H14N2OS. The molecule has 17 heavy (non-hydrogen) atoms. The van der Waals surface area contributed by atoms with Crippen molar-refractivity contribution in [3.8, 4) is 0 Å². The van der Waals surface area contributed by atoms with Gasteiger partial charge < -0.3 is 10.4 Å². The second-order valence-corrected chi connectivity index (χ2v) is 4.41. The third-order valence-electron chi connectivity index (χ3n) is 2.39. The van der Waals surface area contributed by atoms with Gasteiger partial charge in [-0.15, -0.1) is 11.8 Å². The van der Waals surface area contributed by atoms with Gasteiger partial charge in [0.05, 0.1) is 6.61 Å². The number of anilines is 2. The van der Waals surface area contributed by atoms with E-state index in [4.69, 9.17) is 0 Å². The van der Waals surface area contributed by atoms with Gasteiger partial charge in [-0.1, -0.05) is 12.1 Å². The average Bonchev–Trinajstić information content (AvgIpc) is 2.39. The van der Waals surface area contributed by atoms with Gasteiger partial charge in [0.25, 0.3) is 0 Å². The maximum Gasteiger partial charge on any atom is 0.135 e. The van der Waals surface area contributed by atoms with Crippen molar-refractivity contribution in [2.24, 2.45) is 0 Å². The van der Waals surface area contributed by atoms with Crippen molar-refractivity contribution in [1.82, 2.24) is 4.98 Å². The number of benzene rings is 1. The smallest absolute Gasteiger partial charge is 0.135 e. The Morgan fingerprint density at radius 2 is 2.18 bits per heavy atom. The Hall–Kier alpha value is -1.52. The molecule has 0 saturated heterocycles. The predicted octanol–water partition coefficient (Wildman–Crippen LogP) is 3.04. The van der Waals surface area contributed by atoms with E-state index in [1.165, 1.54) is 4.90 Å². The summed E-state index contributed by atoms with van der Waals surface area (Å²) in [5.74, 6) is 0.702. The van der Waals surface area contributed by atoms with E-state index in [9.17, 15) is 5.11 Å². The van der Waals surface area contributed by atoms with Crippen LogP contribution in [0.4, 0.5) is 11.5 Å². The van der Waals surface area contributed by atoms with Crippen LogP contribution in [0.3, 0.4) is 0 Å². The number of thioether (sulfide) groups is 1. The molecule has 1 aromatic heterocycles. The molecule has 1 heterocycles. The van der Waals surface area contributed by atoms with E-state index >= 15 is 0 Å². The van der Waals surface area contributed by atoms with Crippen LogP contribution < -0.4 is 5.32 Å². The van der Waals surface area contributed by atoms with Crippen molar-refractivity contribution in [3.05, 3.63) is 48.2 Å². The molecule has 3 nitrogen and oxygen atoms in total. The van der Waals surface area contributed by atoms with Crippen molar-refractivity contribution < 1.29 is 5.11 Å². The monoisotopic (exact) mass is 246 g/mol. The van der Waals surface area contributed by atoms with Crippen LogP contribution in [0, 0.1) is 0 Å². The van der Waals surface area contributed by atoms with Crippen LogP contribution in [0.5, 0.6) is 0 Å². The zero-order valence-electron chi connectivity index (χ0n) is 9.55. The van der Waals surface area contributed by atoms with Crippen molar-refractivity contribution >= 4 is 23.3 Å². The highest BCUT2D eigenvalue weighted by Gasteiger charge is 2.02. The van der Waals surface area contributed by atoms with E-state index in [-0.39, 0.29) is 6.61 Å². The summed E-state index contributed by atoms with van der Waals surface area (Å²) in [6, 6.07) is 11.8. The number of pyridine rings is 1. The van der Waals surface area contributed by atoms with E-state index < -0.39 is 0 Å². The summed E-state index contributed by atoms with van der Waals surface area (Å²) in [4.78, 5) is 5.41. The van der Waals surface area contributed by atoms with E-state index in [0.29, 0.717) is 5.82 Å². The van der Waals surface area contributed by atoms with E-state index in [2.05, 4.69) is 22.4 Å². The summed E-state index contributed by atoms with van der Waals surface area (Å²) in [5, 5.41) is 12.4. The van der Waals surface area contributed by atoms with Crippen LogP contribution in [0.25, 0.3) is 0 Å². The van der Waals surface area contributed by atoms with Gasteiger partial charge in [0.1, 0.15) is 5.82 Å². The highest BCUT2D eigenvalue weighted by atomic mass is 32.2. The second-order valence-electron chi connectivity index (χ2n) is 3.53. The minimum absolute atomic E-state index is 0.0155. The lowest BCUT2D eigenvalue weighted by Crippen LogP contribution is -1.98. The molecule has 2 N–H and O–H groups in total. The minimum atomic E-state index is -0.0155. The van der Waals surface area contributed by atoms with Crippen molar-refractivity contribution in [2.45, 2.75) is 11.5 Å². The number of rotatable bonds is 4. The number of nitrogens with zero attached hydrogens (tertiary/aromatic N) is 1. The molecule has 0 unspecified atom stereocenters. The molecule has 4 heteroatoms. The number of nitrogens with one attached hydrogen (secondary N) is 1. The summed E-state index contributed by atoms with van der Waals surface area (Å²) >= 11 is 1.69. The van der Waals surface area contributed by atoms with Crippen LogP contribution in [-0.2, 0) is 6.61 Å². The summed E-state index contributed by atoms with van der Waals surface area (Å²) in [6.45, 7) is -0.0155. The fourth-order valence-electron chi connectivity index (χ4n) is 1.52. The van der Waals surface area contributed by atoms with Crippen LogP contribution in [0.2, 0.25) is 0 Å². The molecule has 88 valence electrons. The van der Waals surface area contributed by atoms with Gasteiger partial charge in [-0.25, -0.2) is 4.98 Å². The van der Waals surface area contributed by atoms with Crippen LogP contribution in [0.1, 0.15) is 5.56 Å². The number of hydrogen-bond donors (Lipinski definition) is 2. The lowest BCUT2D eigenvalue weighted by atomic mass is 10.2. The van der Waals surface area contributed by atoms with Gasteiger partial charge in [0, 0.05) is 22.3 Å². The maximum absolute atomic E-state index is 9.21. The van der Waals surface area contributed by atoms with Crippen LogP contribution in [0.15, 0.2) is 47.5 Å². The molecule has 0 fully saturated rings. The fourth-order valence-corrected chi connectivity index (χ4v) is 1.98. The number of hydrogen-bond acceptors (Lipinski definition) is 4. The first kappa shape index (κ1) is 12.0. The van der Waals surface area contributed by atoms with Gasteiger partial charge in [0.2, 0.25) is 0 Å². The third-order valence-corrected chi connectivity index (χ3v) is 3.12. The molecule has 0 spiro atoms. The van der Waals surface area contributed by atoms with Gasteiger partial charge in [-0.05, 0) is 30.5 Å². The summed E-state index contributed by atoms with van der Waals surface area (Å²) in [5.41, 5.74) is 1.77. The molecule has 0 radical (unpaired) electrons. The fraction of sp³-hybridized carbons (Fsp3) is 0.154. The predicted molar refractivity (Wildman–Crippen MR) is 71.7 cm³/mol. The Morgan fingerprint density at radius 3 is 2.94 bits per heavy atom. The van der Waals surface area contributed by atoms with Crippen molar-refractivity contribution in [2.75, 3.05) is 11.6 Å². The molecule has 0 aliphatic carbocycles. The van der Waals surface area contributed by atoms with E-state index in [1.807, 2.05) is 30.5 Å². The lowest BCUT2D eigenvalue weighted by Gasteiger charge is -2.09. The Labute approximate surface area is 105 Å². The SMILES string of the molecule is CSc1cccc(Nc2ncccc2CO)c1. The first-order chi connectivity index (χ1) is 8.33. The first-order valence-corrected chi connectivity index (χ1v) is 6.52. The molecule has 0 atom stereocenters. The molecule has 2 aromatic rings. The number of aliphatic hydroxyl groups is 1. The third kappa shape index (κ3) is 2.99. The molecule has 0 saturated carbocycles. The molecule has 0 bridgehead atoms. The summed E-state index contributed by atoms with van der Waals surface area (Å²) in [7, 11) is 0. The summed E-state index contributed by atoms with van der Waals surface area (Å²) < 4.78 is 0. The molecule has 0 aliphatic rings. The van der Waals surface area contributed by atoms with Gasteiger partial charge in [0.15, 0.2) is 0 Å². The van der Waals surface area contributed by atoms with Crippen molar-refractivity contribution in [3.63, 3.8) is 0 Å². The highest BCUT2D eigenvalue weighted by molar-refractivity contribution is 7.98. The Kier molecular flexibility index (Phi) is 4.01. The Bertz CT molecular complexity index is 502. The normalized spacial score (nSPS) is 10.2. The van der Waals surface area contributed by atoms with Crippen molar-refractivity contribution in [1.29, 1.82) is 0 Å². The standard InChI is InChI=1S/C13H14N2OS/c1-17-12-6-2-5-11(8-12)15-13-10(9-16)4-3-7-14-13/h2-8,16H,9H2,1H3,(H,14,15).